The molecule has 0 saturated carbocycles. The number of nitrogens with zero attached hydrogens (tertiary/aromatic N) is 1. The fourth-order valence-electron chi connectivity index (χ4n) is 3.57. The number of hydrogen-bond acceptors (Lipinski definition) is 4. The number of benzene rings is 2. The summed E-state index contributed by atoms with van der Waals surface area (Å²) >= 11 is 6.22. The Morgan fingerprint density at radius 3 is 2.75 bits per heavy atom. The lowest BCUT2D eigenvalue weighted by molar-refractivity contribution is 0.0697. The van der Waals surface area contributed by atoms with Gasteiger partial charge in [0.25, 0.3) is 0 Å². The minimum Gasteiger partial charge on any atom is -0.478 e. The average Bonchev–Trinajstić information content (AvgIpc) is 2.70. The van der Waals surface area contributed by atoms with Gasteiger partial charge in [-0.05, 0) is 60.7 Å². The maximum Gasteiger partial charge on any atom is 0.337 e. The predicted octanol–water partition coefficient (Wildman–Crippen LogP) is 5.36. The number of halogens is 2. The lowest BCUT2D eigenvalue weighted by Crippen LogP contribution is -2.16. The number of ether oxygens (including phenoxy) is 1. The fraction of sp³-hybridized carbons (Fsp3) is 0.238. The van der Waals surface area contributed by atoms with Crippen LogP contribution in [-0.4, -0.2) is 29.3 Å². The summed E-state index contributed by atoms with van der Waals surface area (Å²) in [6, 6.07) is 9.06. The molecule has 0 unspecified atom stereocenters. The summed E-state index contributed by atoms with van der Waals surface area (Å²) in [5.41, 5.74) is 2.63. The van der Waals surface area contributed by atoms with Crippen molar-refractivity contribution in [2.45, 2.75) is 18.8 Å². The van der Waals surface area contributed by atoms with Gasteiger partial charge in [-0.25, -0.2) is 9.18 Å². The third-order valence-corrected chi connectivity index (χ3v) is 5.23. The van der Waals surface area contributed by atoms with Crippen LogP contribution in [0.15, 0.2) is 42.6 Å². The Balaban J connectivity index is 1.88. The summed E-state index contributed by atoms with van der Waals surface area (Å²) in [4.78, 5) is 16.2. The number of aromatic nitrogens is 1. The number of nitrogens with one attached hydrogen (secondary N) is 1. The number of rotatable bonds is 4. The van der Waals surface area contributed by atoms with Gasteiger partial charge in [0.1, 0.15) is 5.82 Å². The van der Waals surface area contributed by atoms with Crippen LogP contribution in [0.3, 0.4) is 0 Å². The van der Waals surface area contributed by atoms with Crippen molar-refractivity contribution >= 4 is 39.8 Å². The van der Waals surface area contributed by atoms with Crippen molar-refractivity contribution in [1.29, 1.82) is 0 Å². The molecule has 0 amide bonds. The summed E-state index contributed by atoms with van der Waals surface area (Å²) in [5.74, 6) is -1.58. The molecule has 1 aliphatic rings. The van der Waals surface area contributed by atoms with Crippen LogP contribution in [0.5, 0.6) is 0 Å². The molecule has 0 spiro atoms. The minimum atomic E-state index is -1.20. The zero-order valence-electron chi connectivity index (χ0n) is 14.9. The molecule has 0 radical (unpaired) electrons. The maximum atomic E-state index is 13.6. The summed E-state index contributed by atoms with van der Waals surface area (Å²) in [6.07, 6.45) is 3.51. The number of carboxylic acids is 1. The molecular formula is C21H18ClFN2O3. The zero-order chi connectivity index (χ0) is 19.7. The van der Waals surface area contributed by atoms with Crippen LogP contribution >= 0.6 is 11.6 Å². The molecular weight excluding hydrogens is 383 g/mol. The first-order valence-electron chi connectivity index (χ1n) is 8.98. The highest BCUT2D eigenvalue weighted by molar-refractivity contribution is 6.31. The van der Waals surface area contributed by atoms with Crippen LogP contribution in [0.2, 0.25) is 5.02 Å². The van der Waals surface area contributed by atoms with E-state index < -0.39 is 11.8 Å². The van der Waals surface area contributed by atoms with Crippen LogP contribution in [0.4, 0.5) is 15.8 Å². The Bertz CT molecular complexity index is 1050. The average molecular weight is 401 g/mol. The fourth-order valence-corrected chi connectivity index (χ4v) is 3.75. The molecule has 5 nitrogen and oxygen atoms in total. The largest absolute Gasteiger partial charge is 0.478 e. The Hall–Kier alpha value is -2.70. The van der Waals surface area contributed by atoms with Crippen molar-refractivity contribution in [1.82, 2.24) is 4.98 Å². The van der Waals surface area contributed by atoms with Gasteiger partial charge in [-0.2, -0.15) is 0 Å². The van der Waals surface area contributed by atoms with Crippen LogP contribution in [0.25, 0.3) is 10.9 Å². The van der Waals surface area contributed by atoms with Crippen LogP contribution in [0, 0.1) is 5.82 Å². The van der Waals surface area contributed by atoms with E-state index >= 15 is 0 Å². The highest BCUT2D eigenvalue weighted by Gasteiger charge is 2.22. The van der Waals surface area contributed by atoms with Crippen molar-refractivity contribution in [3.63, 3.8) is 0 Å². The second-order valence-corrected chi connectivity index (χ2v) is 7.19. The molecule has 2 heterocycles. The second-order valence-electron chi connectivity index (χ2n) is 6.76. The van der Waals surface area contributed by atoms with Crippen LogP contribution < -0.4 is 5.32 Å². The Morgan fingerprint density at radius 2 is 2.00 bits per heavy atom. The van der Waals surface area contributed by atoms with E-state index in [0.29, 0.717) is 23.9 Å². The van der Waals surface area contributed by atoms with Crippen molar-refractivity contribution in [3.05, 3.63) is 64.6 Å². The van der Waals surface area contributed by atoms with Crippen molar-refractivity contribution in [2.24, 2.45) is 0 Å². The number of hydrogen-bond donors (Lipinski definition) is 2. The summed E-state index contributed by atoms with van der Waals surface area (Å²) in [7, 11) is 0. The number of pyridine rings is 1. The molecule has 0 atom stereocenters. The molecule has 28 heavy (non-hydrogen) atoms. The van der Waals surface area contributed by atoms with Gasteiger partial charge in [-0.15, -0.1) is 0 Å². The van der Waals surface area contributed by atoms with Crippen molar-refractivity contribution in [3.8, 4) is 0 Å². The van der Waals surface area contributed by atoms with Gasteiger partial charge in [0.15, 0.2) is 0 Å². The molecule has 4 rings (SSSR count). The first kappa shape index (κ1) is 18.7. The molecule has 2 N–H and O–H groups in total. The number of fused-ring (bicyclic) bond motifs is 1. The summed E-state index contributed by atoms with van der Waals surface area (Å²) in [6.45, 7) is 1.32. The van der Waals surface area contributed by atoms with E-state index in [-0.39, 0.29) is 11.5 Å². The molecule has 1 saturated heterocycles. The lowest BCUT2D eigenvalue weighted by Gasteiger charge is -2.26. The molecule has 7 heteroatoms. The smallest absolute Gasteiger partial charge is 0.337 e. The van der Waals surface area contributed by atoms with Gasteiger partial charge in [0.2, 0.25) is 0 Å². The number of aromatic carboxylic acids is 1. The molecule has 1 aromatic heterocycles. The maximum absolute atomic E-state index is 13.6. The van der Waals surface area contributed by atoms with Gasteiger partial charge < -0.3 is 15.2 Å². The number of carboxylic acid groups (broad SMARTS) is 1. The highest BCUT2D eigenvalue weighted by Crippen LogP contribution is 2.39. The first-order valence-corrected chi connectivity index (χ1v) is 9.36. The van der Waals surface area contributed by atoms with E-state index in [1.807, 2.05) is 12.3 Å². The van der Waals surface area contributed by atoms with E-state index in [1.54, 1.807) is 12.1 Å². The Kier molecular flexibility index (Phi) is 5.15. The van der Waals surface area contributed by atoms with Gasteiger partial charge in [-0.3, -0.25) is 4.98 Å². The van der Waals surface area contributed by atoms with E-state index in [2.05, 4.69) is 10.3 Å². The Labute approximate surface area is 166 Å². The van der Waals surface area contributed by atoms with Gasteiger partial charge >= 0.3 is 5.97 Å². The SMILES string of the molecule is O=C(O)c1cc(F)ccc1Nc1c(C2CCOCC2)cnc2ccc(Cl)cc12. The van der Waals surface area contributed by atoms with Gasteiger partial charge in [0, 0.05) is 29.8 Å². The zero-order valence-corrected chi connectivity index (χ0v) is 15.7. The molecule has 0 bridgehead atoms. The van der Waals surface area contributed by atoms with Crippen molar-refractivity contribution < 1.29 is 19.0 Å². The molecule has 144 valence electrons. The molecule has 2 aromatic carbocycles. The van der Waals surface area contributed by atoms with Crippen molar-refractivity contribution in [2.75, 3.05) is 18.5 Å². The van der Waals surface area contributed by atoms with Gasteiger partial charge in [0.05, 0.1) is 22.5 Å². The van der Waals surface area contributed by atoms with Gasteiger partial charge in [-0.1, -0.05) is 11.6 Å². The van der Waals surface area contributed by atoms with E-state index in [0.717, 1.165) is 41.1 Å². The van der Waals surface area contributed by atoms with Crippen LogP contribution in [-0.2, 0) is 4.74 Å². The molecule has 1 aliphatic heterocycles. The molecule has 0 aliphatic carbocycles. The normalized spacial score (nSPS) is 14.9. The second kappa shape index (κ2) is 7.73. The minimum absolute atomic E-state index is 0.134. The number of carbonyl (C=O) groups is 1. The summed E-state index contributed by atoms with van der Waals surface area (Å²) in [5, 5.41) is 14.1. The summed E-state index contributed by atoms with van der Waals surface area (Å²) < 4.78 is 19.1. The first-order chi connectivity index (χ1) is 13.5. The monoisotopic (exact) mass is 400 g/mol. The lowest BCUT2D eigenvalue weighted by atomic mass is 9.90. The third-order valence-electron chi connectivity index (χ3n) is 4.99. The van der Waals surface area contributed by atoms with E-state index in [4.69, 9.17) is 16.3 Å². The van der Waals surface area contributed by atoms with E-state index in [1.165, 1.54) is 12.1 Å². The molecule has 1 fully saturated rings. The predicted molar refractivity (Wildman–Crippen MR) is 106 cm³/mol. The van der Waals surface area contributed by atoms with Crippen LogP contribution in [0.1, 0.15) is 34.7 Å². The highest BCUT2D eigenvalue weighted by atomic mass is 35.5. The standard InChI is InChI=1S/C21H18ClFN2O3/c22-13-1-3-18-15(9-13)20(17(11-24-18)12-5-7-28-8-6-12)25-19-4-2-14(23)10-16(19)21(26)27/h1-4,9-12H,5-8H2,(H,24,25)(H,26,27). The molecule has 3 aromatic rings. The quantitative estimate of drug-likeness (QED) is 0.616. The Morgan fingerprint density at radius 1 is 1.21 bits per heavy atom. The van der Waals surface area contributed by atoms with E-state index in [9.17, 15) is 14.3 Å². The topological polar surface area (TPSA) is 71.5 Å². The number of anilines is 2. The third kappa shape index (κ3) is 3.66.